The maximum Gasteiger partial charge on any atom is 0.241 e. The number of hydrogen-bond acceptors (Lipinski definition) is 5. The van der Waals surface area contributed by atoms with Crippen LogP contribution in [0.5, 0.6) is 5.75 Å². The van der Waals surface area contributed by atoms with Crippen molar-refractivity contribution in [3.63, 3.8) is 0 Å². The van der Waals surface area contributed by atoms with Crippen LogP contribution in [-0.4, -0.2) is 62.1 Å². The first-order valence-electron chi connectivity index (χ1n) is 9.68. The second-order valence-electron chi connectivity index (χ2n) is 7.68. The van der Waals surface area contributed by atoms with Gasteiger partial charge in [0.15, 0.2) is 0 Å². The monoisotopic (exact) mass is 360 g/mol. The fraction of sp³-hybridized carbons (Fsp3) is 0.650. The number of hydrazine groups is 1. The van der Waals surface area contributed by atoms with Gasteiger partial charge in [0.1, 0.15) is 11.8 Å². The van der Waals surface area contributed by atoms with Crippen molar-refractivity contribution >= 4 is 5.91 Å². The minimum atomic E-state index is -0.151. The smallest absolute Gasteiger partial charge is 0.241 e. The van der Waals surface area contributed by atoms with Gasteiger partial charge in [-0.15, -0.1) is 0 Å². The summed E-state index contributed by atoms with van der Waals surface area (Å²) in [7, 11) is 5.86. The highest BCUT2D eigenvalue weighted by Gasteiger charge is 2.36. The zero-order chi connectivity index (χ0) is 18.5. The Labute approximate surface area is 156 Å². The van der Waals surface area contributed by atoms with E-state index in [-0.39, 0.29) is 18.0 Å². The van der Waals surface area contributed by atoms with Crippen molar-refractivity contribution < 1.29 is 9.53 Å². The number of amides is 1. The molecule has 1 aromatic carbocycles. The molecule has 0 bridgehead atoms. The molecule has 144 valence electrons. The lowest BCUT2D eigenvalue weighted by atomic mass is 9.96. The Morgan fingerprint density at radius 1 is 1.23 bits per heavy atom. The van der Waals surface area contributed by atoms with Gasteiger partial charge in [-0.05, 0) is 70.4 Å². The van der Waals surface area contributed by atoms with Crippen molar-refractivity contribution in [2.24, 2.45) is 0 Å². The van der Waals surface area contributed by atoms with E-state index in [1.54, 1.807) is 7.11 Å². The summed E-state index contributed by atoms with van der Waals surface area (Å²) in [5.41, 5.74) is 7.71. The molecule has 2 heterocycles. The molecule has 2 aliphatic rings. The van der Waals surface area contributed by atoms with E-state index in [9.17, 15) is 4.79 Å². The lowest BCUT2D eigenvalue weighted by Gasteiger charge is -2.37. The third-order valence-electron chi connectivity index (χ3n) is 5.54. The van der Waals surface area contributed by atoms with E-state index >= 15 is 0 Å². The van der Waals surface area contributed by atoms with Crippen LogP contribution in [0, 0.1) is 0 Å². The van der Waals surface area contributed by atoms with Crippen LogP contribution in [0.1, 0.15) is 43.7 Å². The van der Waals surface area contributed by atoms with Gasteiger partial charge < -0.3 is 14.5 Å². The molecule has 6 heteroatoms. The molecule has 26 heavy (non-hydrogen) atoms. The van der Waals surface area contributed by atoms with Crippen LogP contribution in [0.25, 0.3) is 0 Å². The second-order valence-corrected chi connectivity index (χ2v) is 7.68. The van der Waals surface area contributed by atoms with Gasteiger partial charge in [0.05, 0.1) is 7.11 Å². The average molecular weight is 361 g/mol. The molecule has 1 amide bonds. The summed E-state index contributed by atoms with van der Waals surface area (Å²) in [4.78, 5) is 17.5. The minimum absolute atomic E-state index is 0.151. The largest absolute Gasteiger partial charge is 0.497 e. The Morgan fingerprint density at radius 3 is 2.69 bits per heavy atom. The first-order chi connectivity index (χ1) is 12.6. The van der Waals surface area contributed by atoms with E-state index < -0.39 is 0 Å². The maximum absolute atomic E-state index is 13.1. The molecule has 2 fully saturated rings. The summed E-state index contributed by atoms with van der Waals surface area (Å²) >= 11 is 0. The van der Waals surface area contributed by atoms with Crippen molar-refractivity contribution in [3.05, 3.63) is 29.8 Å². The molecule has 0 radical (unpaired) electrons. The number of hydrogen-bond donors (Lipinski definition) is 2. The molecule has 2 aliphatic heterocycles. The minimum Gasteiger partial charge on any atom is -0.497 e. The predicted molar refractivity (Wildman–Crippen MR) is 103 cm³/mol. The van der Waals surface area contributed by atoms with Gasteiger partial charge in [-0.1, -0.05) is 12.1 Å². The number of nitrogens with one attached hydrogen (secondary N) is 2. The van der Waals surface area contributed by atoms with Crippen molar-refractivity contribution in [1.82, 2.24) is 20.7 Å². The van der Waals surface area contributed by atoms with Gasteiger partial charge in [-0.3, -0.25) is 4.79 Å². The number of ether oxygens (including phenoxy) is 1. The Balaban J connectivity index is 1.60. The summed E-state index contributed by atoms with van der Waals surface area (Å²) in [6, 6.07) is 8.43. The highest BCUT2D eigenvalue weighted by Crippen LogP contribution is 2.27. The van der Waals surface area contributed by atoms with Crippen LogP contribution in [0.3, 0.4) is 0 Å². The average Bonchev–Trinajstić information content (AvgIpc) is 3.16. The molecular formula is C20H32N4O2. The third kappa shape index (κ3) is 4.55. The van der Waals surface area contributed by atoms with E-state index in [0.717, 1.165) is 44.5 Å². The molecule has 0 aliphatic carbocycles. The molecular weight excluding hydrogens is 328 g/mol. The van der Waals surface area contributed by atoms with E-state index in [4.69, 9.17) is 4.74 Å². The SMILES string of the molecule is COc1ccc(C2CC(C(=O)N3CCCCC3CCN(C)C)NN2)cc1. The Hall–Kier alpha value is -1.63. The van der Waals surface area contributed by atoms with Crippen LogP contribution < -0.4 is 15.6 Å². The van der Waals surface area contributed by atoms with Crippen LogP contribution in [0.2, 0.25) is 0 Å². The van der Waals surface area contributed by atoms with E-state index in [2.05, 4.69) is 46.9 Å². The fourth-order valence-electron chi connectivity index (χ4n) is 3.97. The third-order valence-corrected chi connectivity index (χ3v) is 5.54. The van der Waals surface area contributed by atoms with Gasteiger partial charge in [0, 0.05) is 18.6 Å². The molecule has 3 rings (SSSR count). The van der Waals surface area contributed by atoms with E-state index in [0.29, 0.717) is 6.04 Å². The van der Waals surface area contributed by atoms with Gasteiger partial charge >= 0.3 is 0 Å². The van der Waals surface area contributed by atoms with Gasteiger partial charge in [0.2, 0.25) is 5.91 Å². The summed E-state index contributed by atoms with van der Waals surface area (Å²) in [5, 5.41) is 0. The number of benzene rings is 1. The summed E-state index contributed by atoms with van der Waals surface area (Å²) in [6.45, 7) is 1.92. The van der Waals surface area contributed by atoms with Crippen LogP contribution in [0.4, 0.5) is 0 Å². The van der Waals surface area contributed by atoms with Crippen molar-refractivity contribution in [2.45, 2.75) is 50.2 Å². The molecule has 0 spiro atoms. The number of carbonyl (C=O) groups excluding carboxylic acids is 1. The van der Waals surface area contributed by atoms with Crippen molar-refractivity contribution in [2.75, 3.05) is 34.3 Å². The molecule has 1 aromatic rings. The van der Waals surface area contributed by atoms with Crippen LogP contribution in [-0.2, 0) is 4.79 Å². The van der Waals surface area contributed by atoms with E-state index in [1.807, 2.05) is 12.1 Å². The van der Waals surface area contributed by atoms with E-state index in [1.165, 1.54) is 12.0 Å². The fourth-order valence-corrected chi connectivity index (χ4v) is 3.97. The molecule has 3 unspecified atom stereocenters. The maximum atomic E-state index is 13.1. The molecule has 2 saturated heterocycles. The number of rotatable bonds is 6. The van der Waals surface area contributed by atoms with Crippen LogP contribution in [0.15, 0.2) is 24.3 Å². The molecule has 6 nitrogen and oxygen atoms in total. The molecule has 2 N–H and O–H groups in total. The second kappa shape index (κ2) is 8.84. The lowest BCUT2D eigenvalue weighted by molar-refractivity contribution is -0.137. The number of likely N-dealkylation sites (tertiary alicyclic amines) is 1. The Morgan fingerprint density at radius 2 is 2.00 bits per heavy atom. The summed E-state index contributed by atoms with van der Waals surface area (Å²) in [5.74, 6) is 1.10. The normalized spacial score (nSPS) is 26.3. The first-order valence-corrected chi connectivity index (χ1v) is 9.68. The predicted octanol–water partition coefficient (Wildman–Crippen LogP) is 1.94. The number of nitrogens with zero attached hydrogens (tertiary/aromatic N) is 2. The molecule has 3 atom stereocenters. The van der Waals surface area contributed by atoms with Crippen LogP contribution >= 0.6 is 0 Å². The standard InChI is InChI=1S/C20H32N4O2/c1-23(2)13-11-16-6-4-5-12-24(16)20(25)19-14-18(21-22-19)15-7-9-17(26-3)10-8-15/h7-10,16,18-19,21-22H,4-6,11-14H2,1-3H3. The highest BCUT2D eigenvalue weighted by atomic mass is 16.5. The topological polar surface area (TPSA) is 56.8 Å². The summed E-state index contributed by atoms with van der Waals surface area (Å²) in [6.07, 6.45) is 5.31. The molecule has 0 saturated carbocycles. The van der Waals surface area contributed by atoms with Gasteiger partial charge in [0.25, 0.3) is 0 Å². The van der Waals surface area contributed by atoms with Gasteiger partial charge in [-0.2, -0.15) is 0 Å². The van der Waals surface area contributed by atoms with Crippen molar-refractivity contribution in [1.29, 1.82) is 0 Å². The highest BCUT2D eigenvalue weighted by molar-refractivity contribution is 5.82. The number of methoxy groups -OCH3 is 1. The molecule has 0 aromatic heterocycles. The zero-order valence-corrected chi connectivity index (χ0v) is 16.2. The van der Waals surface area contributed by atoms with Gasteiger partial charge in [-0.25, -0.2) is 10.9 Å². The Kier molecular flexibility index (Phi) is 6.51. The quantitative estimate of drug-likeness (QED) is 0.812. The van der Waals surface area contributed by atoms with Crippen molar-refractivity contribution in [3.8, 4) is 5.75 Å². The Bertz CT molecular complexity index is 590. The first kappa shape index (κ1) is 19.1. The summed E-state index contributed by atoms with van der Waals surface area (Å²) < 4.78 is 5.22. The number of piperidine rings is 1. The number of carbonyl (C=O) groups is 1. The zero-order valence-electron chi connectivity index (χ0n) is 16.2. The lowest BCUT2D eigenvalue weighted by Crippen LogP contribution is -2.52.